The molecule has 0 radical (unpaired) electrons. The predicted octanol–water partition coefficient (Wildman–Crippen LogP) is 5.04. The van der Waals surface area contributed by atoms with E-state index in [2.05, 4.69) is 4.98 Å². The van der Waals surface area contributed by atoms with E-state index in [-0.39, 0.29) is 23.0 Å². The number of nitrogens with zero attached hydrogens (tertiary/aromatic N) is 3. The Kier molecular flexibility index (Phi) is 6.20. The van der Waals surface area contributed by atoms with Gasteiger partial charge in [0.1, 0.15) is 10.5 Å². The molecule has 0 bridgehead atoms. The lowest BCUT2D eigenvalue weighted by Crippen LogP contribution is -2.32. The van der Waals surface area contributed by atoms with Crippen LogP contribution in [0, 0.1) is 12.7 Å². The van der Waals surface area contributed by atoms with Crippen molar-refractivity contribution in [2.24, 2.45) is 0 Å². The van der Waals surface area contributed by atoms with Crippen molar-refractivity contribution in [1.29, 1.82) is 0 Å². The van der Waals surface area contributed by atoms with E-state index in [1.54, 1.807) is 30.0 Å². The van der Waals surface area contributed by atoms with Gasteiger partial charge in [0, 0.05) is 12.2 Å². The van der Waals surface area contributed by atoms with Crippen molar-refractivity contribution >= 4 is 44.9 Å². The topological polar surface area (TPSA) is 55.2 Å². The van der Waals surface area contributed by atoms with Crippen LogP contribution in [0.4, 0.5) is 10.1 Å². The minimum Gasteiger partial charge on any atom is -0.312 e. The lowest BCUT2D eigenvalue weighted by atomic mass is 10.2. The third-order valence-corrected chi connectivity index (χ3v) is 6.67. The Bertz CT molecular complexity index is 1300. The van der Waals surface area contributed by atoms with E-state index in [9.17, 15) is 14.0 Å². The van der Waals surface area contributed by atoms with Crippen molar-refractivity contribution < 1.29 is 9.18 Å². The third-order valence-electron chi connectivity index (χ3n) is 4.86. The second kappa shape index (κ2) is 9.03. The van der Waals surface area contributed by atoms with Crippen molar-refractivity contribution in [2.45, 2.75) is 19.0 Å². The number of aryl methyl sites for hydroxylation is 1. The Morgan fingerprint density at radius 1 is 1.19 bits per heavy atom. The van der Waals surface area contributed by atoms with Gasteiger partial charge < -0.3 is 4.90 Å². The number of aromatic nitrogens is 2. The highest BCUT2D eigenvalue weighted by Gasteiger charge is 2.19. The van der Waals surface area contributed by atoms with E-state index >= 15 is 0 Å². The van der Waals surface area contributed by atoms with Crippen LogP contribution < -0.4 is 10.5 Å². The number of rotatable bonds is 6. The first-order chi connectivity index (χ1) is 15.0. The molecule has 0 aliphatic heterocycles. The predicted molar refractivity (Wildman–Crippen MR) is 125 cm³/mol. The van der Waals surface area contributed by atoms with Gasteiger partial charge >= 0.3 is 0 Å². The number of fused-ring (bicyclic) bond motifs is 1. The van der Waals surface area contributed by atoms with Gasteiger partial charge in [-0.05, 0) is 61.2 Å². The number of amides is 1. The summed E-state index contributed by atoms with van der Waals surface area (Å²) in [5.74, 6) is -0.307. The molecule has 8 heteroatoms. The molecular weight excluding hydrogens is 433 g/mol. The molecular formula is C23H20FN3O2S2. The maximum Gasteiger partial charge on any atom is 0.276 e. The fourth-order valence-corrected chi connectivity index (χ4v) is 4.95. The van der Waals surface area contributed by atoms with Gasteiger partial charge in [0.15, 0.2) is 5.16 Å². The van der Waals surface area contributed by atoms with Crippen molar-refractivity contribution in [1.82, 2.24) is 9.55 Å². The molecule has 1 amide bonds. The number of carbonyl (C=O) groups excluding carboxylic acids is 1. The summed E-state index contributed by atoms with van der Waals surface area (Å²) in [4.78, 5) is 32.5. The van der Waals surface area contributed by atoms with Crippen LogP contribution in [0.1, 0.15) is 12.5 Å². The minimum absolute atomic E-state index is 0.0831. The highest BCUT2D eigenvalue weighted by atomic mass is 32.2. The number of hydrogen-bond acceptors (Lipinski definition) is 5. The van der Waals surface area contributed by atoms with E-state index in [1.807, 2.05) is 42.6 Å². The molecule has 0 spiro atoms. The van der Waals surface area contributed by atoms with E-state index in [4.69, 9.17) is 0 Å². The Balaban J connectivity index is 1.70. The molecule has 31 heavy (non-hydrogen) atoms. The first-order valence-electron chi connectivity index (χ1n) is 9.74. The van der Waals surface area contributed by atoms with Gasteiger partial charge in [-0.25, -0.2) is 9.37 Å². The van der Waals surface area contributed by atoms with E-state index in [1.165, 1.54) is 33.7 Å². The van der Waals surface area contributed by atoms with Crippen LogP contribution in [0.15, 0.2) is 69.9 Å². The molecule has 0 saturated heterocycles. The Hall–Kier alpha value is -2.97. The molecule has 0 unspecified atom stereocenters. The first-order valence-corrected chi connectivity index (χ1v) is 11.6. The summed E-state index contributed by atoms with van der Waals surface area (Å²) in [6.45, 7) is 4.10. The average molecular weight is 454 g/mol. The van der Waals surface area contributed by atoms with Gasteiger partial charge in [0.25, 0.3) is 5.56 Å². The van der Waals surface area contributed by atoms with Crippen LogP contribution >= 0.6 is 23.1 Å². The molecule has 0 atom stereocenters. The summed E-state index contributed by atoms with van der Waals surface area (Å²) in [6, 6.07) is 15.8. The Morgan fingerprint density at radius 3 is 2.68 bits per heavy atom. The number of halogens is 1. The van der Waals surface area contributed by atoms with Crippen LogP contribution in [-0.4, -0.2) is 27.8 Å². The molecule has 4 aromatic rings. The number of thioether (sulfide) groups is 1. The maximum atomic E-state index is 13.8. The summed E-state index contributed by atoms with van der Waals surface area (Å²) in [7, 11) is 0. The highest BCUT2D eigenvalue weighted by Crippen LogP contribution is 2.25. The zero-order chi connectivity index (χ0) is 22.0. The van der Waals surface area contributed by atoms with Crippen LogP contribution in [0.3, 0.4) is 0 Å². The second-order valence-corrected chi connectivity index (χ2v) is 8.72. The quantitative estimate of drug-likeness (QED) is 0.303. The van der Waals surface area contributed by atoms with Crippen molar-refractivity contribution in [3.8, 4) is 5.69 Å². The number of para-hydroxylation sites is 1. The third kappa shape index (κ3) is 4.26. The number of anilines is 1. The van der Waals surface area contributed by atoms with Crippen LogP contribution in [-0.2, 0) is 4.79 Å². The SMILES string of the molecule is CCN(C(=O)CSc1nc2ccsc2c(=O)n1-c1ccc(F)c(C)c1)c1ccccc1. The van der Waals surface area contributed by atoms with E-state index in [0.717, 1.165) is 5.69 Å². The first kappa shape index (κ1) is 21.3. The molecule has 2 heterocycles. The zero-order valence-electron chi connectivity index (χ0n) is 17.0. The number of benzene rings is 2. The minimum atomic E-state index is -0.340. The summed E-state index contributed by atoms with van der Waals surface area (Å²) in [5.41, 5.74) is 2.15. The second-order valence-electron chi connectivity index (χ2n) is 6.87. The largest absolute Gasteiger partial charge is 0.312 e. The number of thiophene rings is 1. The normalized spacial score (nSPS) is 11.1. The highest BCUT2D eigenvalue weighted by molar-refractivity contribution is 7.99. The smallest absolute Gasteiger partial charge is 0.276 e. The van der Waals surface area contributed by atoms with Gasteiger partial charge in [-0.1, -0.05) is 30.0 Å². The van der Waals surface area contributed by atoms with Gasteiger partial charge in [0.2, 0.25) is 5.91 Å². The molecule has 0 aliphatic carbocycles. The van der Waals surface area contributed by atoms with Crippen LogP contribution in [0.2, 0.25) is 0 Å². The number of carbonyl (C=O) groups is 1. The molecule has 0 aliphatic rings. The van der Waals surface area contributed by atoms with Crippen molar-refractivity contribution in [2.75, 3.05) is 17.2 Å². The molecule has 4 rings (SSSR count). The van der Waals surface area contributed by atoms with Gasteiger partial charge in [0.05, 0.1) is 17.0 Å². The molecule has 0 fully saturated rings. The zero-order valence-corrected chi connectivity index (χ0v) is 18.7. The van der Waals surface area contributed by atoms with Gasteiger partial charge in [-0.2, -0.15) is 0 Å². The monoisotopic (exact) mass is 453 g/mol. The molecule has 5 nitrogen and oxygen atoms in total. The lowest BCUT2D eigenvalue weighted by molar-refractivity contribution is -0.116. The average Bonchev–Trinajstić information content (AvgIpc) is 3.25. The lowest BCUT2D eigenvalue weighted by Gasteiger charge is -2.21. The van der Waals surface area contributed by atoms with Crippen molar-refractivity contribution in [3.05, 3.63) is 81.7 Å². The summed E-state index contributed by atoms with van der Waals surface area (Å²) in [6.07, 6.45) is 0. The molecule has 158 valence electrons. The van der Waals surface area contributed by atoms with Crippen LogP contribution in [0.25, 0.3) is 15.9 Å². The maximum absolute atomic E-state index is 13.8. The van der Waals surface area contributed by atoms with Gasteiger partial charge in [-0.15, -0.1) is 11.3 Å². The summed E-state index contributed by atoms with van der Waals surface area (Å²) < 4.78 is 15.8. The van der Waals surface area contributed by atoms with Crippen molar-refractivity contribution in [3.63, 3.8) is 0 Å². The number of hydrogen-bond donors (Lipinski definition) is 0. The molecule has 0 saturated carbocycles. The van der Waals surface area contributed by atoms with Crippen LogP contribution in [0.5, 0.6) is 0 Å². The summed E-state index contributed by atoms with van der Waals surface area (Å²) >= 11 is 2.52. The molecule has 2 aromatic carbocycles. The Morgan fingerprint density at radius 2 is 1.97 bits per heavy atom. The molecule has 0 N–H and O–H groups in total. The Labute approximate surface area is 187 Å². The fourth-order valence-electron chi connectivity index (χ4n) is 3.30. The standard InChI is InChI=1S/C23H20FN3O2S2/c1-3-26(16-7-5-4-6-8-16)20(28)14-31-23-25-19-11-12-30-21(19)22(29)27(23)17-9-10-18(24)15(2)13-17/h4-13H,3,14H2,1-2H3. The molecule has 2 aromatic heterocycles. The summed E-state index contributed by atoms with van der Waals surface area (Å²) in [5, 5.41) is 2.21. The van der Waals surface area contributed by atoms with E-state index in [0.29, 0.717) is 33.2 Å². The van der Waals surface area contributed by atoms with E-state index < -0.39 is 0 Å². The fraction of sp³-hybridized carbons (Fsp3) is 0.174. The van der Waals surface area contributed by atoms with Gasteiger partial charge in [-0.3, -0.25) is 14.2 Å².